The van der Waals surface area contributed by atoms with Crippen LogP contribution in [0, 0.1) is 18.2 Å². The first-order valence-electron chi connectivity index (χ1n) is 6.75. The molecule has 0 atom stereocenters. The molecule has 1 saturated carbocycles. The van der Waals surface area contributed by atoms with Gasteiger partial charge in [0.15, 0.2) is 0 Å². The number of nitrogens with one attached hydrogen (secondary N) is 2. The van der Waals surface area contributed by atoms with Crippen LogP contribution in [0.5, 0.6) is 0 Å². The molecule has 0 radical (unpaired) electrons. The molecule has 0 aliphatic heterocycles. The highest BCUT2D eigenvalue weighted by atomic mass is 19.1. The fourth-order valence-electron chi connectivity index (χ4n) is 2.62. The highest BCUT2D eigenvalue weighted by Crippen LogP contribution is 2.39. The molecule has 1 aromatic carbocycles. The molecule has 104 valence electrons. The first-order valence-corrected chi connectivity index (χ1v) is 6.75. The van der Waals surface area contributed by atoms with Gasteiger partial charge in [-0.2, -0.15) is 0 Å². The van der Waals surface area contributed by atoms with E-state index in [1.165, 1.54) is 18.6 Å². The molecule has 1 fully saturated rings. The van der Waals surface area contributed by atoms with Crippen LogP contribution in [0.1, 0.15) is 35.2 Å². The normalized spacial score (nSPS) is 16.8. The van der Waals surface area contributed by atoms with Gasteiger partial charge in [0.25, 0.3) is 5.91 Å². The zero-order valence-electron chi connectivity index (χ0n) is 11.6. The highest BCUT2D eigenvalue weighted by molar-refractivity contribution is 5.94. The molecule has 0 saturated heterocycles. The minimum Gasteiger partial charge on any atom is -0.351 e. The van der Waals surface area contributed by atoms with Crippen LogP contribution >= 0.6 is 0 Å². The molecule has 0 bridgehead atoms. The number of hydrogen-bond acceptors (Lipinski definition) is 2. The molecule has 19 heavy (non-hydrogen) atoms. The Hall–Kier alpha value is -1.42. The predicted octanol–water partition coefficient (Wildman–Crippen LogP) is 2.25. The van der Waals surface area contributed by atoms with E-state index in [-0.39, 0.29) is 17.1 Å². The Kier molecular flexibility index (Phi) is 4.20. The van der Waals surface area contributed by atoms with E-state index in [0.29, 0.717) is 17.7 Å². The van der Waals surface area contributed by atoms with Crippen LogP contribution in [0.2, 0.25) is 0 Å². The van der Waals surface area contributed by atoms with Crippen molar-refractivity contribution in [3.8, 4) is 0 Å². The van der Waals surface area contributed by atoms with Crippen LogP contribution in [0.3, 0.4) is 0 Å². The van der Waals surface area contributed by atoms with Gasteiger partial charge in [-0.1, -0.05) is 6.42 Å². The molecule has 4 heteroatoms. The standard InChI is InChI=1S/C15H21FN2O/c1-11-8-12(4-5-13(11)16)14(19)18-10-15(9-17-2)6-3-7-15/h4-5,8,17H,3,6-7,9-10H2,1-2H3,(H,18,19). The van der Waals surface area contributed by atoms with E-state index in [1.807, 2.05) is 7.05 Å². The molecule has 1 aromatic rings. The summed E-state index contributed by atoms with van der Waals surface area (Å²) in [6.45, 7) is 3.28. The van der Waals surface area contributed by atoms with E-state index in [2.05, 4.69) is 10.6 Å². The van der Waals surface area contributed by atoms with Crippen molar-refractivity contribution in [3.63, 3.8) is 0 Å². The molecule has 2 N–H and O–H groups in total. The molecule has 3 nitrogen and oxygen atoms in total. The van der Waals surface area contributed by atoms with Gasteiger partial charge in [0.05, 0.1) is 0 Å². The lowest BCUT2D eigenvalue weighted by Crippen LogP contribution is -2.47. The molecule has 1 aliphatic carbocycles. The predicted molar refractivity (Wildman–Crippen MR) is 73.7 cm³/mol. The Morgan fingerprint density at radius 3 is 2.63 bits per heavy atom. The molecular formula is C15H21FN2O. The van der Waals surface area contributed by atoms with Crippen LogP contribution in [0.15, 0.2) is 18.2 Å². The lowest BCUT2D eigenvalue weighted by atomic mass is 9.68. The lowest BCUT2D eigenvalue weighted by molar-refractivity contribution is 0.0862. The molecule has 2 rings (SSSR count). The van der Waals surface area contributed by atoms with Crippen molar-refractivity contribution in [2.45, 2.75) is 26.2 Å². The number of hydrogen-bond donors (Lipinski definition) is 2. The van der Waals surface area contributed by atoms with E-state index in [0.717, 1.165) is 19.4 Å². The minimum atomic E-state index is -0.276. The summed E-state index contributed by atoms with van der Waals surface area (Å²) in [6.07, 6.45) is 3.53. The van der Waals surface area contributed by atoms with Crippen LogP contribution < -0.4 is 10.6 Å². The molecule has 0 spiro atoms. The quantitative estimate of drug-likeness (QED) is 0.856. The molecule has 1 aliphatic rings. The summed E-state index contributed by atoms with van der Waals surface area (Å²) in [5.74, 6) is -0.396. The average Bonchev–Trinajstić information content (AvgIpc) is 2.35. The van der Waals surface area contributed by atoms with Crippen molar-refractivity contribution in [2.75, 3.05) is 20.1 Å². The molecule has 1 amide bonds. The summed E-state index contributed by atoms with van der Waals surface area (Å²) >= 11 is 0. The highest BCUT2D eigenvalue weighted by Gasteiger charge is 2.36. The van der Waals surface area contributed by atoms with E-state index in [4.69, 9.17) is 0 Å². The summed E-state index contributed by atoms with van der Waals surface area (Å²) in [7, 11) is 1.94. The summed E-state index contributed by atoms with van der Waals surface area (Å²) in [5.41, 5.74) is 1.23. The van der Waals surface area contributed by atoms with Gasteiger partial charge in [-0.05, 0) is 50.6 Å². The van der Waals surface area contributed by atoms with Crippen LogP contribution in [0.4, 0.5) is 4.39 Å². The Morgan fingerprint density at radius 1 is 1.37 bits per heavy atom. The van der Waals surface area contributed by atoms with Crippen LogP contribution in [-0.2, 0) is 0 Å². The number of carbonyl (C=O) groups excluding carboxylic acids is 1. The molecule has 0 heterocycles. The number of benzene rings is 1. The zero-order chi connectivity index (χ0) is 13.9. The molecular weight excluding hydrogens is 243 g/mol. The second-order valence-corrected chi connectivity index (χ2v) is 5.53. The summed E-state index contributed by atoms with van der Waals surface area (Å²) in [5, 5.41) is 6.16. The summed E-state index contributed by atoms with van der Waals surface area (Å²) in [4.78, 5) is 12.0. The maximum Gasteiger partial charge on any atom is 0.251 e. The first-order chi connectivity index (χ1) is 9.06. The number of rotatable bonds is 5. The van der Waals surface area contributed by atoms with E-state index < -0.39 is 0 Å². The van der Waals surface area contributed by atoms with Crippen LogP contribution in [-0.4, -0.2) is 26.0 Å². The van der Waals surface area contributed by atoms with Gasteiger partial charge in [-0.25, -0.2) is 4.39 Å². The van der Waals surface area contributed by atoms with Gasteiger partial charge in [-0.3, -0.25) is 4.79 Å². The van der Waals surface area contributed by atoms with Gasteiger partial charge in [0.1, 0.15) is 5.82 Å². The zero-order valence-corrected chi connectivity index (χ0v) is 11.6. The van der Waals surface area contributed by atoms with Crippen LogP contribution in [0.25, 0.3) is 0 Å². The van der Waals surface area contributed by atoms with E-state index in [1.54, 1.807) is 13.0 Å². The Labute approximate surface area is 113 Å². The number of carbonyl (C=O) groups is 1. The average molecular weight is 264 g/mol. The van der Waals surface area contributed by atoms with Gasteiger partial charge >= 0.3 is 0 Å². The summed E-state index contributed by atoms with van der Waals surface area (Å²) < 4.78 is 13.2. The Morgan fingerprint density at radius 2 is 2.11 bits per heavy atom. The van der Waals surface area contributed by atoms with Crippen molar-refractivity contribution in [1.82, 2.24) is 10.6 Å². The van der Waals surface area contributed by atoms with E-state index >= 15 is 0 Å². The second-order valence-electron chi connectivity index (χ2n) is 5.53. The number of halogens is 1. The van der Waals surface area contributed by atoms with Gasteiger partial charge in [0.2, 0.25) is 0 Å². The maximum atomic E-state index is 13.2. The number of amides is 1. The second kappa shape index (κ2) is 5.70. The van der Waals surface area contributed by atoms with Gasteiger partial charge < -0.3 is 10.6 Å². The van der Waals surface area contributed by atoms with Gasteiger partial charge in [-0.15, -0.1) is 0 Å². The topological polar surface area (TPSA) is 41.1 Å². The first kappa shape index (κ1) is 14.0. The fourth-order valence-corrected chi connectivity index (χ4v) is 2.62. The molecule has 0 aromatic heterocycles. The summed E-state index contributed by atoms with van der Waals surface area (Å²) in [6, 6.07) is 4.47. The third-order valence-corrected chi connectivity index (χ3v) is 4.01. The minimum absolute atomic E-state index is 0.120. The largest absolute Gasteiger partial charge is 0.351 e. The van der Waals surface area contributed by atoms with Crippen molar-refractivity contribution >= 4 is 5.91 Å². The monoisotopic (exact) mass is 264 g/mol. The smallest absolute Gasteiger partial charge is 0.251 e. The third-order valence-electron chi connectivity index (χ3n) is 4.01. The van der Waals surface area contributed by atoms with E-state index in [9.17, 15) is 9.18 Å². The van der Waals surface area contributed by atoms with Crippen molar-refractivity contribution in [2.24, 2.45) is 5.41 Å². The Bertz CT molecular complexity index is 469. The maximum absolute atomic E-state index is 13.2. The number of aryl methyl sites for hydroxylation is 1. The Balaban J connectivity index is 1.95. The van der Waals surface area contributed by atoms with Crippen molar-refractivity contribution in [3.05, 3.63) is 35.1 Å². The van der Waals surface area contributed by atoms with Crippen molar-refractivity contribution in [1.29, 1.82) is 0 Å². The fraction of sp³-hybridized carbons (Fsp3) is 0.533. The SMILES string of the molecule is CNCC1(CNC(=O)c2ccc(F)c(C)c2)CCC1. The van der Waals surface area contributed by atoms with Crippen molar-refractivity contribution < 1.29 is 9.18 Å². The molecule has 0 unspecified atom stereocenters. The third kappa shape index (κ3) is 3.13. The van der Waals surface area contributed by atoms with Gasteiger partial charge in [0, 0.05) is 24.1 Å². The lowest BCUT2D eigenvalue weighted by Gasteiger charge is -2.42.